The van der Waals surface area contributed by atoms with Gasteiger partial charge in [0.2, 0.25) is 0 Å². The maximum Gasteiger partial charge on any atom is 0.0592 e. The smallest absolute Gasteiger partial charge is 0.0592 e. The van der Waals surface area contributed by atoms with Gasteiger partial charge >= 0.3 is 0 Å². The summed E-state index contributed by atoms with van der Waals surface area (Å²) in [7, 11) is 0. The Morgan fingerprint density at radius 3 is 2.50 bits per heavy atom. The first kappa shape index (κ1) is 8.82. The van der Waals surface area contributed by atoms with E-state index in [2.05, 4.69) is 11.7 Å². The van der Waals surface area contributed by atoms with Crippen LogP contribution in [0.5, 0.6) is 0 Å². The average Bonchev–Trinajstić information content (AvgIpc) is 1.87. The van der Waals surface area contributed by atoms with Gasteiger partial charge < -0.3 is 0 Å². The van der Waals surface area contributed by atoms with E-state index in [0.717, 1.165) is 5.57 Å². The van der Waals surface area contributed by atoms with Crippen LogP contribution in [0.1, 0.15) is 13.8 Å². The molecule has 0 atom stereocenters. The van der Waals surface area contributed by atoms with Crippen LogP contribution in [0.25, 0.3) is 0 Å². The summed E-state index contributed by atoms with van der Waals surface area (Å²) in [6.45, 7) is 7.37. The largest absolute Gasteiger partial charge is 0.205 e. The molecule has 0 aliphatic rings. The van der Waals surface area contributed by atoms with Gasteiger partial charge in [0.25, 0.3) is 0 Å². The number of hydrogen-bond donors (Lipinski definition) is 1. The van der Waals surface area contributed by atoms with Crippen molar-refractivity contribution in [2.24, 2.45) is 5.11 Å². The SMILES string of the molecule is C=C(C)/C=C\C=C(\C)N=N. The first-order chi connectivity index (χ1) is 4.66. The van der Waals surface area contributed by atoms with Crippen LogP contribution < -0.4 is 0 Å². The molecule has 0 saturated carbocycles. The highest BCUT2D eigenvalue weighted by Gasteiger charge is 1.76. The average molecular weight is 136 g/mol. The Balaban J connectivity index is 3.93. The molecule has 0 aliphatic carbocycles. The molecule has 54 valence electrons. The fourth-order valence-electron chi connectivity index (χ4n) is 0.389. The maximum atomic E-state index is 6.59. The lowest BCUT2D eigenvalue weighted by Gasteiger charge is -1.83. The van der Waals surface area contributed by atoms with E-state index in [0.29, 0.717) is 5.70 Å². The topological polar surface area (TPSA) is 36.2 Å². The van der Waals surface area contributed by atoms with Crippen LogP contribution in [0.15, 0.2) is 41.2 Å². The van der Waals surface area contributed by atoms with Gasteiger partial charge in [0.05, 0.1) is 5.70 Å². The summed E-state index contributed by atoms with van der Waals surface area (Å²) < 4.78 is 0. The minimum atomic E-state index is 0.692. The molecule has 0 heterocycles. The van der Waals surface area contributed by atoms with Gasteiger partial charge in [0.15, 0.2) is 0 Å². The summed E-state index contributed by atoms with van der Waals surface area (Å²) in [5.74, 6) is 0. The highest BCUT2D eigenvalue weighted by atomic mass is 15.0. The molecule has 0 spiro atoms. The maximum absolute atomic E-state index is 6.59. The molecule has 0 bridgehead atoms. The molecule has 0 aliphatic heterocycles. The van der Waals surface area contributed by atoms with Crippen molar-refractivity contribution in [3.63, 3.8) is 0 Å². The second kappa shape index (κ2) is 4.68. The summed E-state index contributed by atoms with van der Waals surface area (Å²) in [5.41, 5.74) is 8.28. The van der Waals surface area contributed by atoms with Crippen LogP contribution in [0.4, 0.5) is 0 Å². The van der Waals surface area contributed by atoms with Crippen molar-refractivity contribution in [3.8, 4) is 0 Å². The normalized spacial score (nSPS) is 12.0. The Bertz CT molecular complexity index is 187. The Kier molecular flexibility index (Phi) is 4.12. The highest BCUT2D eigenvalue weighted by Crippen LogP contribution is 1.95. The number of rotatable bonds is 3. The molecule has 0 aromatic heterocycles. The van der Waals surface area contributed by atoms with Gasteiger partial charge in [-0.25, -0.2) is 5.53 Å². The molecule has 0 aromatic rings. The molecular formula is C8H12N2. The van der Waals surface area contributed by atoms with E-state index < -0.39 is 0 Å². The van der Waals surface area contributed by atoms with Gasteiger partial charge in [-0.1, -0.05) is 24.3 Å². The quantitative estimate of drug-likeness (QED) is 0.457. The van der Waals surface area contributed by atoms with E-state index in [-0.39, 0.29) is 0 Å². The van der Waals surface area contributed by atoms with Gasteiger partial charge in [-0.15, -0.1) is 0 Å². The van der Waals surface area contributed by atoms with Gasteiger partial charge in [-0.05, 0) is 19.9 Å². The molecule has 0 unspecified atom stereocenters. The van der Waals surface area contributed by atoms with E-state index in [1.807, 2.05) is 19.1 Å². The second-order valence-corrected chi connectivity index (χ2v) is 2.13. The molecule has 0 amide bonds. The fourth-order valence-corrected chi connectivity index (χ4v) is 0.389. The van der Waals surface area contributed by atoms with Crippen molar-refractivity contribution >= 4 is 0 Å². The zero-order chi connectivity index (χ0) is 7.98. The lowest BCUT2D eigenvalue weighted by Crippen LogP contribution is -1.63. The second-order valence-electron chi connectivity index (χ2n) is 2.13. The number of nitrogens with one attached hydrogen (secondary N) is 1. The van der Waals surface area contributed by atoms with Crippen LogP contribution in [-0.4, -0.2) is 0 Å². The Labute approximate surface area is 61.5 Å². The van der Waals surface area contributed by atoms with Crippen molar-refractivity contribution in [2.75, 3.05) is 0 Å². The Morgan fingerprint density at radius 2 is 2.10 bits per heavy atom. The molecule has 0 radical (unpaired) electrons. The minimum Gasteiger partial charge on any atom is -0.205 e. The molecule has 2 heteroatoms. The zero-order valence-corrected chi connectivity index (χ0v) is 6.39. The highest BCUT2D eigenvalue weighted by molar-refractivity contribution is 5.18. The monoisotopic (exact) mass is 136 g/mol. The van der Waals surface area contributed by atoms with Crippen LogP contribution in [0, 0.1) is 5.53 Å². The molecular weight excluding hydrogens is 124 g/mol. The summed E-state index contributed by atoms with van der Waals surface area (Å²) in [4.78, 5) is 0. The van der Waals surface area contributed by atoms with Crippen LogP contribution >= 0.6 is 0 Å². The van der Waals surface area contributed by atoms with E-state index in [1.165, 1.54) is 0 Å². The lowest BCUT2D eigenvalue weighted by atomic mass is 10.3. The third kappa shape index (κ3) is 4.97. The number of hydrogen-bond acceptors (Lipinski definition) is 2. The minimum absolute atomic E-state index is 0.692. The van der Waals surface area contributed by atoms with Crippen molar-refractivity contribution in [2.45, 2.75) is 13.8 Å². The predicted molar refractivity (Wildman–Crippen MR) is 42.9 cm³/mol. The van der Waals surface area contributed by atoms with Crippen LogP contribution in [-0.2, 0) is 0 Å². The van der Waals surface area contributed by atoms with Crippen molar-refractivity contribution in [1.82, 2.24) is 0 Å². The van der Waals surface area contributed by atoms with Crippen molar-refractivity contribution < 1.29 is 0 Å². The first-order valence-corrected chi connectivity index (χ1v) is 3.04. The fraction of sp³-hybridized carbons (Fsp3) is 0.250. The summed E-state index contributed by atoms with van der Waals surface area (Å²) >= 11 is 0. The van der Waals surface area contributed by atoms with E-state index >= 15 is 0 Å². The third-order valence-electron chi connectivity index (χ3n) is 0.895. The van der Waals surface area contributed by atoms with E-state index in [1.54, 1.807) is 13.0 Å². The molecule has 0 rings (SSSR count). The Morgan fingerprint density at radius 1 is 1.50 bits per heavy atom. The lowest BCUT2D eigenvalue weighted by molar-refractivity contribution is 1.06. The van der Waals surface area contributed by atoms with Gasteiger partial charge in [-0.3, -0.25) is 0 Å². The van der Waals surface area contributed by atoms with Gasteiger partial charge in [0, 0.05) is 0 Å². The first-order valence-electron chi connectivity index (χ1n) is 3.04. The zero-order valence-electron chi connectivity index (χ0n) is 6.39. The van der Waals surface area contributed by atoms with E-state index in [9.17, 15) is 0 Å². The van der Waals surface area contributed by atoms with Crippen LogP contribution in [0.3, 0.4) is 0 Å². The van der Waals surface area contributed by atoms with Gasteiger partial charge in [0.1, 0.15) is 0 Å². The predicted octanol–water partition coefficient (Wildman–Crippen LogP) is 3.05. The third-order valence-corrected chi connectivity index (χ3v) is 0.895. The molecule has 10 heavy (non-hydrogen) atoms. The van der Waals surface area contributed by atoms with Crippen LogP contribution in [0.2, 0.25) is 0 Å². The molecule has 1 N–H and O–H groups in total. The summed E-state index contributed by atoms with van der Waals surface area (Å²) in [6.07, 6.45) is 5.46. The molecule has 2 nitrogen and oxygen atoms in total. The van der Waals surface area contributed by atoms with Gasteiger partial charge in [-0.2, -0.15) is 5.11 Å². The standard InChI is InChI=1S/C8H12N2/c1-7(2)5-4-6-8(3)10-9/h4-6,9H,1H2,2-3H3/b5-4-,8-6-,10-9?. The van der Waals surface area contributed by atoms with Crippen molar-refractivity contribution in [1.29, 1.82) is 5.53 Å². The number of allylic oxidation sites excluding steroid dienone is 5. The summed E-state index contributed by atoms with van der Waals surface area (Å²) in [5, 5.41) is 3.22. The number of nitrogens with zero attached hydrogens (tertiary/aromatic N) is 1. The van der Waals surface area contributed by atoms with E-state index in [4.69, 9.17) is 5.53 Å². The van der Waals surface area contributed by atoms with Crippen molar-refractivity contribution in [3.05, 3.63) is 36.1 Å². The summed E-state index contributed by atoms with van der Waals surface area (Å²) in [6, 6.07) is 0. The molecule has 0 aromatic carbocycles. The Hall–Kier alpha value is -1.18. The molecule has 0 fully saturated rings. The molecule has 0 saturated heterocycles.